The van der Waals surface area contributed by atoms with Crippen molar-refractivity contribution in [3.05, 3.63) is 35.4 Å². The second-order valence-corrected chi connectivity index (χ2v) is 8.23. The molecule has 1 aromatic carbocycles. The van der Waals surface area contributed by atoms with E-state index in [-0.39, 0.29) is 14.7 Å². The minimum Gasteiger partial charge on any atom is -0.292 e. The van der Waals surface area contributed by atoms with Gasteiger partial charge in [0.2, 0.25) is 0 Å². The highest BCUT2D eigenvalue weighted by atomic mass is 79.9. The molecule has 0 spiro atoms. The van der Waals surface area contributed by atoms with Crippen LogP contribution in [0.25, 0.3) is 0 Å². The molecule has 0 aliphatic heterocycles. The molecular formula is C13H17BrOS. The van der Waals surface area contributed by atoms with E-state index >= 15 is 0 Å². The van der Waals surface area contributed by atoms with E-state index in [1.165, 1.54) is 5.56 Å². The lowest BCUT2D eigenvalue weighted by molar-refractivity contribution is 0.101. The first-order chi connectivity index (χ1) is 7.29. The highest BCUT2D eigenvalue weighted by Gasteiger charge is 2.23. The molecule has 0 radical (unpaired) electrons. The van der Waals surface area contributed by atoms with Gasteiger partial charge in [0.05, 0.1) is 0 Å². The third kappa shape index (κ3) is 4.30. The monoisotopic (exact) mass is 300 g/mol. The second-order valence-electron chi connectivity index (χ2n) is 4.78. The third-order valence-electron chi connectivity index (χ3n) is 2.00. The average Bonchev–Trinajstić information content (AvgIpc) is 2.15. The molecule has 1 unspecified atom stereocenters. The molecule has 16 heavy (non-hydrogen) atoms. The molecule has 0 amide bonds. The van der Waals surface area contributed by atoms with Crippen molar-refractivity contribution in [3.8, 4) is 0 Å². The number of Topliss-reactive ketones (excluding diaryl/α,β-unsaturated/α-hetero) is 1. The van der Waals surface area contributed by atoms with Crippen molar-refractivity contribution >= 4 is 33.5 Å². The van der Waals surface area contributed by atoms with Crippen molar-refractivity contribution in [1.82, 2.24) is 0 Å². The molecule has 88 valence electrons. The van der Waals surface area contributed by atoms with Crippen LogP contribution in [-0.4, -0.2) is 14.7 Å². The minimum absolute atomic E-state index is 0.0779. The van der Waals surface area contributed by atoms with Gasteiger partial charge in [0.1, 0.15) is 4.16 Å². The summed E-state index contributed by atoms with van der Waals surface area (Å²) in [6, 6.07) is 7.70. The number of carbonyl (C=O) groups excluding carboxylic acids is 1. The first-order valence-corrected chi connectivity index (χ1v) is 7.02. The second kappa shape index (κ2) is 5.37. The van der Waals surface area contributed by atoms with Crippen molar-refractivity contribution in [3.63, 3.8) is 0 Å². The standard InChI is InChI=1S/C13H17BrOS/c1-9-5-7-10(8-6-9)11(15)12(14)16-13(2,3)4/h5-8,12H,1-4H3. The summed E-state index contributed by atoms with van der Waals surface area (Å²) in [7, 11) is 0. The number of hydrogen-bond acceptors (Lipinski definition) is 2. The molecule has 3 heteroatoms. The Labute approximate surface area is 110 Å². The van der Waals surface area contributed by atoms with E-state index in [2.05, 4.69) is 36.7 Å². The molecule has 0 fully saturated rings. The van der Waals surface area contributed by atoms with Crippen molar-refractivity contribution in [2.45, 2.75) is 36.6 Å². The lowest BCUT2D eigenvalue weighted by Gasteiger charge is -2.20. The van der Waals surface area contributed by atoms with Gasteiger partial charge >= 0.3 is 0 Å². The van der Waals surface area contributed by atoms with Crippen molar-refractivity contribution in [2.24, 2.45) is 0 Å². The van der Waals surface area contributed by atoms with Crippen LogP contribution in [0.4, 0.5) is 0 Å². The van der Waals surface area contributed by atoms with Gasteiger partial charge in [-0.05, 0) is 6.92 Å². The molecular weight excluding hydrogens is 284 g/mol. The molecule has 0 saturated carbocycles. The fraction of sp³-hybridized carbons (Fsp3) is 0.462. The summed E-state index contributed by atoms with van der Waals surface area (Å²) >= 11 is 5.08. The topological polar surface area (TPSA) is 17.1 Å². The smallest absolute Gasteiger partial charge is 0.186 e. The fourth-order valence-electron chi connectivity index (χ4n) is 1.21. The largest absolute Gasteiger partial charge is 0.292 e. The van der Waals surface area contributed by atoms with E-state index in [0.717, 1.165) is 5.56 Å². The maximum absolute atomic E-state index is 12.1. The van der Waals surface area contributed by atoms with E-state index in [1.54, 1.807) is 11.8 Å². The molecule has 1 rings (SSSR count). The number of benzene rings is 1. The molecule has 1 atom stereocenters. The summed E-state index contributed by atoms with van der Waals surface area (Å²) in [4.78, 5) is 12.1. The summed E-state index contributed by atoms with van der Waals surface area (Å²) in [6.45, 7) is 8.33. The van der Waals surface area contributed by atoms with E-state index in [1.807, 2.05) is 31.2 Å². The number of halogens is 1. The zero-order valence-electron chi connectivity index (χ0n) is 10.1. The van der Waals surface area contributed by atoms with Crippen LogP contribution in [0.2, 0.25) is 0 Å². The minimum atomic E-state index is -0.171. The highest BCUT2D eigenvalue weighted by molar-refractivity contribution is 9.11. The fourth-order valence-corrected chi connectivity index (χ4v) is 4.02. The number of aryl methyl sites for hydroxylation is 1. The van der Waals surface area contributed by atoms with Crippen molar-refractivity contribution in [1.29, 1.82) is 0 Å². The summed E-state index contributed by atoms with van der Waals surface area (Å²) in [5.41, 5.74) is 1.94. The molecule has 1 nitrogen and oxygen atoms in total. The van der Waals surface area contributed by atoms with Crippen LogP contribution in [0, 0.1) is 6.92 Å². The zero-order chi connectivity index (χ0) is 12.3. The van der Waals surface area contributed by atoms with E-state index in [4.69, 9.17) is 0 Å². The van der Waals surface area contributed by atoms with Gasteiger partial charge in [-0.1, -0.05) is 66.5 Å². The molecule has 0 heterocycles. The van der Waals surface area contributed by atoms with Crippen molar-refractivity contribution in [2.75, 3.05) is 0 Å². The molecule has 0 bridgehead atoms. The van der Waals surface area contributed by atoms with Crippen LogP contribution in [0.3, 0.4) is 0 Å². The van der Waals surface area contributed by atoms with Crippen LogP contribution in [0.15, 0.2) is 24.3 Å². The predicted molar refractivity (Wildman–Crippen MR) is 75.6 cm³/mol. The number of ketones is 1. The summed E-state index contributed by atoms with van der Waals surface area (Å²) in [6.07, 6.45) is 0. The third-order valence-corrected chi connectivity index (χ3v) is 4.10. The lowest BCUT2D eigenvalue weighted by atomic mass is 10.1. The Morgan fingerprint density at radius 3 is 2.19 bits per heavy atom. The van der Waals surface area contributed by atoms with Crippen LogP contribution < -0.4 is 0 Å². The highest BCUT2D eigenvalue weighted by Crippen LogP contribution is 2.33. The summed E-state index contributed by atoms with van der Waals surface area (Å²) in [5, 5.41) is 0. The molecule has 0 aliphatic carbocycles. The first kappa shape index (κ1) is 13.8. The van der Waals surface area contributed by atoms with Gasteiger partial charge in [0, 0.05) is 10.3 Å². The molecule has 1 aromatic rings. The maximum Gasteiger partial charge on any atom is 0.186 e. The Morgan fingerprint density at radius 2 is 1.75 bits per heavy atom. The molecule has 0 aromatic heterocycles. The van der Waals surface area contributed by atoms with Crippen LogP contribution >= 0.6 is 27.7 Å². The van der Waals surface area contributed by atoms with Crippen LogP contribution in [0.1, 0.15) is 36.7 Å². The summed E-state index contributed by atoms with van der Waals surface area (Å²) < 4.78 is -0.0932. The Bertz CT molecular complexity index is 365. The molecule has 0 N–H and O–H groups in total. The SMILES string of the molecule is Cc1ccc(C(=O)C(Br)SC(C)(C)C)cc1. The van der Waals surface area contributed by atoms with Gasteiger partial charge < -0.3 is 0 Å². The Hall–Kier alpha value is -0.280. The number of thioether (sulfide) groups is 1. The number of hydrogen-bond donors (Lipinski definition) is 0. The molecule has 0 aliphatic rings. The van der Waals surface area contributed by atoms with Gasteiger partial charge in [-0.15, -0.1) is 11.8 Å². The van der Waals surface area contributed by atoms with Gasteiger partial charge in [-0.3, -0.25) is 4.79 Å². The Balaban J connectivity index is 2.74. The normalized spacial score (nSPS) is 13.6. The first-order valence-electron chi connectivity index (χ1n) is 5.22. The van der Waals surface area contributed by atoms with E-state index < -0.39 is 0 Å². The number of alkyl halides is 1. The van der Waals surface area contributed by atoms with E-state index in [0.29, 0.717) is 0 Å². The molecule has 0 saturated heterocycles. The van der Waals surface area contributed by atoms with Crippen LogP contribution in [-0.2, 0) is 0 Å². The average molecular weight is 301 g/mol. The quantitative estimate of drug-likeness (QED) is 0.607. The van der Waals surface area contributed by atoms with Gasteiger partial charge in [0.25, 0.3) is 0 Å². The Morgan fingerprint density at radius 1 is 1.25 bits per heavy atom. The lowest BCUT2D eigenvalue weighted by Crippen LogP contribution is -2.18. The maximum atomic E-state index is 12.1. The van der Waals surface area contributed by atoms with E-state index in [9.17, 15) is 4.79 Å². The number of carbonyl (C=O) groups is 1. The summed E-state index contributed by atoms with van der Waals surface area (Å²) in [5.74, 6) is 0.139. The van der Waals surface area contributed by atoms with Gasteiger partial charge in [-0.25, -0.2) is 0 Å². The zero-order valence-corrected chi connectivity index (χ0v) is 12.5. The van der Waals surface area contributed by atoms with Crippen molar-refractivity contribution < 1.29 is 4.79 Å². The van der Waals surface area contributed by atoms with Gasteiger partial charge in [0.15, 0.2) is 5.78 Å². The van der Waals surface area contributed by atoms with Crippen LogP contribution in [0.5, 0.6) is 0 Å². The predicted octanol–water partition coefficient (Wildman–Crippen LogP) is 4.43. The Kier molecular flexibility index (Phi) is 4.62. The van der Waals surface area contributed by atoms with Gasteiger partial charge in [-0.2, -0.15) is 0 Å². The number of rotatable bonds is 3.